The number of benzene rings is 2. The van der Waals surface area contributed by atoms with Crippen molar-refractivity contribution in [2.45, 2.75) is 32.9 Å². The van der Waals surface area contributed by atoms with Crippen LogP contribution in [0.4, 0.5) is 0 Å². The van der Waals surface area contributed by atoms with Gasteiger partial charge in [0.25, 0.3) is 0 Å². The molecule has 0 radical (unpaired) electrons. The Balaban J connectivity index is 1.49. The van der Waals surface area contributed by atoms with E-state index >= 15 is 0 Å². The Morgan fingerprint density at radius 3 is 2.52 bits per heavy atom. The van der Waals surface area contributed by atoms with E-state index in [-0.39, 0.29) is 11.9 Å². The van der Waals surface area contributed by atoms with Crippen molar-refractivity contribution >= 4 is 5.91 Å². The number of ether oxygens (including phenoxy) is 1. The van der Waals surface area contributed by atoms with Crippen LogP contribution >= 0.6 is 0 Å². The summed E-state index contributed by atoms with van der Waals surface area (Å²) in [6.07, 6.45) is 1.08. The van der Waals surface area contributed by atoms with Gasteiger partial charge in [0.1, 0.15) is 5.75 Å². The number of carbonyl (C=O) groups excluding carboxylic acids is 1. The zero-order valence-electron chi connectivity index (χ0n) is 17.9. The maximum atomic E-state index is 12.6. The van der Waals surface area contributed by atoms with Crippen molar-refractivity contribution in [2.75, 3.05) is 39.8 Å². The molecule has 1 amide bonds. The van der Waals surface area contributed by atoms with Gasteiger partial charge in [-0.2, -0.15) is 0 Å². The van der Waals surface area contributed by atoms with Crippen molar-refractivity contribution in [2.24, 2.45) is 0 Å². The fourth-order valence-corrected chi connectivity index (χ4v) is 3.96. The maximum absolute atomic E-state index is 12.6. The van der Waals surface area contributed by atoms with E-state index in [9.17, 15) is 4.79 Å². The molecule has 5 heteroatoms. The second-order valence-electron chi connectivity index (χ2n) is 7.86. The van der Waals surface area contributed by atoms with Crippen LogP contribution < -0.4 is 10.1 Å². The molecule has 0 aromatic heterocycles. The number of hydrogen-bond acceptors (Lipinski definition) is 4. The van der Waals surface area contributed by atoms with Gasteiger partial charge >= 0.3 is 0 Å². The minimum atomic E-state index is -0.0804. The van der Waals surface area contributed by atoms with Gasteiger partial charge in [-0.3, -0.25) is 14.6 Å². The SMILES string of the molecule is COc1ccccc1C(C)NC(=O)CN1CCCN(Cc2ccccc2C)CC1. The summed E-state index contributed by atoms with van der Waals surface area (Å²) in [6.45, 7) is 9.54. The van der Waals surface area contributed by atoms with Crippen LogP contribution in [0.25, 0.3) is 0 Å². The lowest BCUT2D eigenvalue weighted by molar-refractivity contribution is -0.122. The number of methoxy groups -OCH3 is 1. The van der Waals surface area contributed by atoms with Gasteiger partial charge in [0.2, 0.25) is 5.91 Å². The van der Waals surface area contributed by atoms with Gasteiger partial charge in [0.05, 0.1) is 19.7 Å². The van der Waals surface area contributed by atoms with E-state index in [0.717, 1.165) is 50.5 Å². The zero-order valence-corrected chi connectivity index (χ0v) is 17.9. The molecule has 1 unspecified atom stereocenters. The predicted octanol–water partition coefficient (Wildman–Crippen LogP) is 3.39. The van der Waals surface area contributed by atoms with Crippen molar-refractivity contribution < 1.29 is 9.53 Å². The predicted molar refractivity (Wildman–Crippen MR) is 117 cm³/mol. The summed E-state index contributed by atoms with van der Waals surface area (Å²) in [4.78, 5) is 17.4. The van der Waals surface area contributed by atoms with Gasteiger partial charge in [0.15, 0.2) is 0 Å². The average Bonchev–Trinajstić information content (AvgIpc) is 2.94. The molecule has 2 aromatic carbocycles. The van der Waals surface area contributed by atoms with Crippen molar-refractivity contribution in [3.05, 3.63) is 65.2 Å². The maximum Gasteiger partial charge on any atom is 0.234 e. The van der Waals surface area contributed by atoms with E-state index in [1.807, 2.05) is 31.2 Å². The van der Waals surface area contributed by atoms with E-state index in [4.69, 9.17) is 4.74 Å². The molecule has 1 saturated heterocycles. The third-order valence-corrected chi connectivity index (χ3v) is 5.69. The van der Waals surface area contributed by atoms with Gasteiger partial charge in [-0.05, 0) is 50.6 Å². The summed E-state index contributed by atoms with van der Waals surface area (Å²) < 4.78 is 5.42. The van der Waals surface area contributed by atoms with Gasteiger partial charge in [-0.25, -0.2) is 0 Å². The van der Waals surface area contributed by atoms with Crippen LogP contribution in [-0.4, -0.2) is 55.5 Å². The molecule has 29 heavy (non-hydrogen) atoms. The Kier molecular flexibility index (Phi) is 7.67. The summed E-state index contributed by atoms with van der Waals surface area (Å²) in [5.74, 6) is 0.873. The topological polar surface area (TPSA) is 44.8 Å². The molecule has 1 aliphatic rings. The molecule has 0 spiro atoms. The fraction of sp³-hybridized carbons (Fsp3) is 0.458. The molecule has 1 N–H and O–H groups in total. The second kappa shape index (κ2) is 10.4. The standard InChI is InChI=1S/C24H33N3O2/c1-19-9-4-5-10-21(19)17-26-13-8-14-27(16-15-26)18-24(28)25-20(2)22-11-6-7-12-23(22)29-3/h4-7,9-12,20H,8,13-18H2,1-3H3,(H,25,28). The lowest BCUT2D eigenvalue weighted by Crippen LogP contribution is -2.40. The van der Waals surface area contributed by atoms with Gasteiger partial charge in [0, 0.05) is 25.2 Å². The Hall–Kier alpha value is -2.37. The Morgan fingerprint density at radius 2 is 1.72 bits per heavy atom. The molecule has 5 nitrogen and oxygen atoms in total. The minimum absolute atomic E-state index is 0.0655. The first kappa shape index (κ1) is 21.3. The van der Waals surface area contributed by atoms with Crippen LogP contribution in [-0.2, 0) is 11.3 Å². The molecule has 1 aliphatic heterocycles. The van der Waals surface area contributed by atoms with Gasteiger partial charge in [-0.1, -0.05) is 42.5 Å². The van der Waals surface area contributed by atoms with Crippen molar-refractivity contribution in [3.63, 3.8) is 0 Å². The smallest absolute Gasteiger partial charge is 0.234 e. The Labute approximate surface area is 174 Å². The van der Waals surface area contributed by atoms with Crippen molar-refractivity contribution in [3.8, 4) is 5.75 Å². The van der Waals surface area contributed by atoms with E-state index in [2.05, 4.69) is 46.3 Å². The monoisotopic (exact) mass is 395 g/mol. The molecule has 0 saturated carbocycles. The number of rotatable bonds is 7. The van der Waals surface area contributed by atoms with E-state index in [0.29, 0.717) is 6.54 Å². The number of amides is 1. The van der Waals surface area contributed by atoms with Crippen LogP contribution in [0.5, 0.6) is 5.75 Å². The number of nitrogens with one attached hydrogen (secondary N) is 1. The minimum Gasteiger partial charge on any atom is -0.496 e. The first-order valence-electron chi connectivity index (χ1n) is 10.5. The van der Waals surface area contributed by atoms with E-state index in [1.165, 1.54) is 11.1 Å². The molecule has 2 aromatic rings. The molecule has 3 rings (SSSR count). The molecule has 1 fully saturated rings. The van der Waals surface area contributed by atoms with Crippen LogP contribution in [0.3, 0.4) is 0 Å². The molecule has 0 bridgehead atoms. The number of carbonyl (C=O) groups is 1. The molecule has 0 aliphatic carbocycles. The van der Waals surface area contributed by atoms with E-state index in [1.54, 1.807) is 7.11 Å². The lowest BCUT2D eigenvalue weighted by atomic mass is 10.1. The summed E-state index contributed by atoms with van der Waals surface area (Å²) >= 11 is 0. The molecule has 1 atom stereocenters. The highest BCUT2D eigenvalue weighted by molar-refractivity contribution is 5.78. The first-order valence-corrected chi connectivity index (χ1v) is 10.5. The molecule has 156 valence electrons. The summed E-state index contributed by atoms with van der Waals surface area (Å²) in [5, 5.41) is 3.12. The highest BCUT2D eigenvalue weighted by atomic mass is 16.5. The highest BCUT2D eigenvalue weighted by Crippen LogP contribution is 2.24. The Morgan fingerprint density at radius 1 is 1.03 bits per heavy atom. The van der Waals surface area contributed by atoms with Gasteiger partial charge < -0.3 is 10.1 Å². The summed E-state index contributed by atoms with van der Waals surface area (Å²) in [5.41, 5.74) is 3.74. The molecular weight excluding hydrogens is 362 g/mol. The Bertz CT molecular complexity index is 808. The third-order valence-electron chi connectivity index (χ3n) is 5.69. The van der Waals surface area contributed by atoms with E-state index < -0.39 is 0 Å². The average molecular weight is 396 g/mol. The quantitative estimate of drug-likeness (QED) is 0.781. The molecule has 1 heterocycles. The van der Waals surface area contributed by atoms with Crippen LogP contribution in [0.1, 0.15) is 36.1 Å². The highest BCUT2D eigenvalue weighted by Gasteiger charge is 2.19. The lowest BCUT2D eigenvalue weighted by Gasteiger charge is -2.23. The van der Waals surface area contributed by atoms with Crippen LogP contribution in [0.15, 0.2) is 48.5 Å². The first-order chi connectivity index (χ1) is 14.1. The fourth-order valence-electron chi connectivity index (χ4n) is 3.96. The third kappa shape index (κ3) is 6.05. The van der Waals surface area contributed by atoms with Crippen molar-refractivity contribution in [1.82, 2.24) is 15.1 Å². The normalized spacial score (nSPS) is 16.8. The zero-order chi connectivity index (χ0) is 20.6. The second-order valence-corrected chi connectivity index (χ2v) is 7.86. The van der Waals surface area contributed by atoms with Gasteiger partial charge in [-0.15, -0.1) is 0 Å². The number of hydrogen-bond donors (Lipinski definition) is 1. The number of nitrogens with zero attached hydrogens (tertiary/aromatic N) is 2. The van der Waals surface area contributed by atoms with Crippen LogP contribution in [0.2, 0.25) is 0 Å². The van der Waals surface area contributed by atoms with Crippen molar-refractivity contribution in [1.29, 1.82) is 0 Å². The number of para-hydroxylation sites is 1. The summed E-state index contributed by atoms with van der Waals surface area (Å²) in [6, 6.07) is 16.3. The summed E-state index contributed by atoms with van der Waals surface area (Å²) in [7, 11) is 1.66. The number of aryl methyl sites for hydroxylation is 1. The molecular formula is C24H33N3O2. The largest absolute Gasteiger partial charge is 0.496 e. The van der Waals surface area contributed by atoms with Crippen LogP contribution in [0, 0.1) is 6.92 Å².